The molecule has 8 nitrogen and oxygen atoms in total. The molecule has 0 saturated heterocycles. The van der Waals surface area contributed by atoms with Crippen LogP contribution in [0.4, 0.5) is 5.69 Å². The van der Waals surface area contributed by atoms with Crippen molar-refractivity contribution in [3.63, 3.8) is 0 Å². The molecule has 0 spiro atoms. The zero-order chi connectivity index (χ0) is 28.9. The third-order valence-electron chi connectivity index (χ3n) is 8.29. The van der Waals surface area contributed by atoms with Crippen molar-refractivity contribution < 1.29 is 33.4 Å². The second kappa shape index (κ2) is 16.0. The van der Waals surface area contributed by atoms with Gasteiger partial charge in [0.15, 0.2) is 0 Å². The molecule has 1 N–H and O–H groups in total. The normalized spacial score (nSPS) is 22.4. The van der Waals surface area contributed by atoms with E-state index >= 15 is 0 Å². The maximum absolute atomic E-state index is 13.1. The maximum atomic E-state index is 13.1. The number of esters is 3. The Balaban J connectivity index is 1.57. The number of carbonyl (C=O) groups excluding carboxylic acids is 4. The number of nitrogens with one attached hydrogen (secondary N) is 1. The first-order valence-corrected chi connectivity index (χ1v) is 14.6. The average Bonchev–Trinajstić information content (AvgIpc) is 2.99. The van der Waals surface area contributed by atoms with Gasteiger partial charge in [-0.15, -0.1) is 0 Å². The fourth-order valence-electron chi connectivity index (χ4n) is 5.81. The third-order valence-corrected chi connectivity index (χ3v) is 8.29. The molecule has 8 heteroatoms. The van der Waals surface area contributed by atoms with Crippen LogP contribution in [0.2, 0.25) is 0 Å². The Hall–Kier alpha value is -3.42. The van der Waals surface area contributed by atoms with Gasteiger partial charge in [0.2, 0.25) is 5.91 Å². The number of ether oxygens (including phenoxy) is 3. The summed E-state index contributed by atoms with van der Waals surface area (Å²) in [6.07, 6.45) is 13.4. The molecular formula is C32H43NO7. The SMILES string of the molecule is C=CC(=O)Nc1ccc(OC(=O)C2CCC(C3CCC(CC)CC3)CC2)c(C(=O)OCCCCOC(=O)C=C)c1. The fourth-order valence-corrected chi connectivity index (χ4v) is 5.81. The van der Waals surface area contributed by atoms with E-state index in [-0.39, 0.29) is 36.4 Å². The van der Waals surface area contributed by atoms with Gasteiger partial charge in [-0.25, -0.2) is 9.59 Å². The fraction of sp³-hybridized carbons (Fsp3) is 0.562. The van der Waals surface area contributed by atoms with Gasteiger partial charge in [0, 0.05) is 11.8 Å². The molecule has 2 fully saturated rings. The molecule has 2 aliphatic carbocycles. The van der Waals surface area contributed by atoms with Gasteiger partial charge in [0.1, 0.15) is 11.3 Å². The Morgan fingerprint density at radius 1 is 0.875 bits per heavy atom. The molecule has 1 aromatic rings. The smallest absolute Gasteiger partial charge is 0.342 e. The van der Waals surface area contributed by atoms with Crippen LogP contribution in [0.3, 0.4) is 0 Å². The second-order valence-corrected chi connectivity index (χ2v) is 10.8. The van der Waals surface area contributed by atoms with Crippen LogP contribution in [0, 0.1) is 23.7 Å². The zero-order valence-electron chi connectivity index (χ0n) is 23.7. The lowest BCUT2D eigenvalue weighted by atomic mass is 9.69. The van der Waals surface area contributed by atoms with Crippen LogP contribution in [0.15, 0.2) is 43.5 Å². The quantitative estimate of drug-likeness (QED) is 0.130. The molecule has 0 heterocycles. The highest BCUT2D eigenvalue weighted by molar-refractivity contribution is 6.01. The van der Waals surface area contributed by atoms with E-state index in [0.717, 1.165) is 49.7 Å². The average molecular weight is 554 g/mol. The van der Waals surface area contributed by atoms with Crippen molar-refractivity contribution in [2.45, 2.75) is 77.6 Å². The summed E-state index contributed by atoms with van der Waals surface area (Å²) in [5.41, 5.74) is 0.404. The minimum atomic E-state index is -0.674. The van der Waals surface area contributed by atoms with Crippen molar-refractivity contribution in [3.05, 3.63) is 49.1 Å². The summed E-state index contributed by atoms with van der Waals surface area (Å²) in [6.45, 7) is 9.34. The van der Waals surface area contributed by atoms with Crippen LogP contribution in [-0.2, 0) is 23.9 Å². The Kier molecular flexibility index (Phi) is 12.4. The van der Waals surface area contributed by atoms with Crippen molar-refractivity contribution in [1.29, 1.82) is 0 Å². The molecule has 218 valence electrons. The Labute approximate surface area is 237 Å². The van der Waals surface area contributed by atoms with Crippen LogP contribution in [0.5, 0.6) is 5.75 Å². The van der Waals surface area contributed by atoms with Crippen LogP contribution in [0.1, 0.15) is 87.9 Å². The van der Waals surface area contributed by atoms with Gasteiger partial charge in [-0.2, -0.15) is 0 Å². The zero-order valence-corrected chi connectivity index (χ0v) is 23.7. The van der Waals surface area contributed by atoms with E-state index in [1.165, 1.54) is 44.2 Å². The topological polar surface area (TPSA) is 108 Å². The molecule has 1 amide bonds. The first-order chi connectivity index (χ1) is 19.3. The lowest BCUT2D eigenvalue weighted by Gasteiger charge is -2.37. The van der Waals surface area contributed by atoms with Crippen molar-refractivity contribution in [2.24, 2.45) is 23.7 Å². The van der Waals surface area contributed by atoms with Gasteiger partial charge in [0.25, 0.3) is 0 Å². The van der Waals surface area contributed by atoms with Crippen LogP contribution < -0.4 is 10.1 Å². The van der Waals surface area contributed by atoms with Crippen LogP contribution >= 0.6 is 0 Å². The number of anilines is 1. The molecule has 0 aromatic heterocycles. The Morgan fingerprint density at radius 3 is 2.10 bits per heavy atom. The van der Waals surface area contributed by atoms with Crippen molar-refractivity contribution in [3.8, 4) is 5.75 Å². The number of unbranched alkanes of at least 4 members (excludes halogenated alkanes) is 1. The van der Waals surface area contributed by atoms with E-state index in [0.29, 0.717) is 24.4 Å². The summed E-state index contributed by atoms with van der Waals surface area (Å²) in [7, 11) is 0. The van der Waals surface area contributed by atoms with Crippen molar-refractivity contribution in [2.75, 3.05) is 18.5 Å². The van der Waals surface area contributed by atoms with Gasteiger partial charge in [-0.05, 0) is 93.4 Å². The standard InChI is InChI=1S/C32H43NO7/c1-4-22-9-11-23(12-10-22)24-13-15-25(16-14-24)31(36)40-28-18-17-26(33-29(34)5-2)21-27(28)32(37)39-20-8-7-19-38-30(35)6-3/h5-6,17-18,21-25H,2-4,7-16,19-20H2,1H3,(H,33,34). The summed E-state index contributed by atoms with van der Waals surface area (Å²) < 4.78 is 16.0. The highest BCUT2D eigenvalue weighted by Gasteiger charge is 2.34. The Morgan fingerprint density at radius 2 is 1.50 bits per heavy atom. The predicted molar refractivity (Wildman–Crippen MR) is 153 cm³/mol. The number of hydrogen-bond acceptors (Lipinski definition) is 7. The molecule has 0 bridgehead atoms. The van der Waals surface area contributed by atoms with Gasteiger partial charge >= 0.3 is 17.9 Å². The molecule has 3 rings (SSSR count). The minimum Gasteiger partial charge on any atom is -0.463 e. The molecule has 0 atom stereocenters. The van der Waals surface area contributed by atoms with E-state index in [2.05, 4.69) is 25.4 Å². The van der Waals surface area contributed by atoms with Crippen LogP contribution in [-0.4, -0.2) is 37.0 Å². The highest BCUT2D eigenvalue weighted by atomic mass is 16.6. The number of benzene rings is 1. The van der Waals surface area contributed by atoms with E-state index in [1.807, 2.05) is 0 Å². The molecular weight excluding hydrogens is 510 g/mol. The first kappa shape index (κ1) is 31.1. The molecule has 1 aromatic carbocycles. The van der Waals surface area contributed by atoms with E-state index in [4.69, 9.17) is 14.2 Å². The summed E-state index contributed by atoms with van der Waals surface area (Å²) in [5.74, 6) is 0.279. The molecule has 0 radical (unpaired) electrons. The van der Waals surface area contributed by atoms with Crippen molar-refractivity contribution >= 4 is 29.5 Å². The summed E-state index contributed by atoms with van der Waals surface area (Å²) >= 11 is 0. The largest absolute Gasteiger partial charge is 0.463 e. The Bertz CT molecular complexity index is 1050. The molecule has 0 aliphatic heterocycles. The summed E-state index contributed by atoms with van der Waals surface area (Å²) in [5, 5.41) is 2.61. The van der Waals surface area contributed by atoms with Crippen molar-refractivity contribution in [1.82, 2.24) is 0 Å². The number of hydrogen-bond donors (Lipinski definition) is 1. The van der Waals surface area contributed by atoms with Gasteiger partial charge in [-0.1, -0.05) is 39.3 Å². The predicted octanol–water partition coefficient (Wildman–Crippen LogP) is 6.41. The minimum absolute atomic E-state index is 0.0506. The molecule has 2 saturated carbocycles. The number of rotatable bonds is 13. The van der Waals surface area contributed by atoms with Gasteiger partial charge in [0.05, 0.1) is 19.1 Å². The summed E-state index contributed by atoms with van der Waals surface area (Å²) in [6, 6.07) is 4.50. The number of carbonyl (C=O) groups is 4. The monoisotopic (exact) mass is 553 g/mol. The van der Waals surface area contributed by atoms with Crippen LogP contribution in [0.25, 0.3) is 0 Å². The van der Waals surface area contributed by atoms with E-state index in [1.54, 1.807) is 6.07 Å². The first-order valence-electron chi connectivity index (χ1n) is 14.6. The highest BCUT2D eigenvalue weighted by Crippen LogP contribution is 2.42. The molecule has 40 heavy (non-hydrogen) atoms. The van der Waals surface area contributed by atoms with E-state index < -0.39 is 17.8 Å². The number of amides is 1. The van der Waals surface area contributed by atoms with Gasteiger partial charge < -0.3 is 19.5 Å². The summed E-state index contributed by atoms with van der Waals surface area (Å²) in [4.78, 5) is 48.9. The molecule has 0 unspecified atom stereocenters. The lowest BCUT2D eigenvalue weighted by Crippen LogP contribution is -2.30. The maximum Gasteiger partial charge on any atom is 0.342 e. The third kappa shape index (κ3) is 9.35. The van der Waals surface area contributed by atoms with E-state index in [9.17, 15) is 19.2 Å². The lowest BCUT2D eigenvalue weighted by molar-refractivity contribution is -0.140. The molecule has 2 aliphatic rings. The second-order valence-electron chi connectivity index (χ2n) is 10.8. The van der Waals surface area contributed by atoms with Gasteiger partial charge in [-0.3, -0.25) is 9.59 Å².